The number of nitrogens with two attached hydrogens (primary N) is 2. The van der Waals surface area contributed by atoms with E-state index in [1.165, 1.54) is 14.2 Å². The van der Waals surface area contributed by atoms with E-state index >= 15 is 0 Å². The van der Waals surface area contributed by atoms with Crippen LogP contribution in [-0.2, 0) is 0 Å². The van der Waals surface area contributed by atoms with Crippen molar-refractivity contribution >= 4 is 11.7 Å². The maximum atomic E-state index is 10.9. The molecule has 6 heteroatoms. The van der Waals surface area contributed by atoms with Crippen molar-refractivity contribution in [2.75, 3.05) is 19.2 Å². The highest BCUT2D eigenvalue weighted by molar-refractivity contribution is 5.91. The summed E-state index contributed by atoms with van der Waals surface area (Å²) in [5.41, 5.74) is 5.42. The summed E-state index contributed by atoms with van der Waals surface area (Å²) in [4.78, 5) is 10.9. The molecular weight excluding hydrogens is 198 g/mol. The number of nitrogens with zero attached hydrogens (tertiary/aromatic N) is 1. The number of carbonyl (C=O) groups excluding carboxylic acids is 1. The maximum absolute atomic E-state index is 10.9. The number of benzene rings is 1. The Labute approximate surface area is 87.3 Å². The molecule has 0 aliphatic carbocycles. The van der Waals surface area contributed by atoms with E-state index in [0.717, 1.165) is 5.01 Å². The van der Waals surface area contributed by atoms with Crippen LogP contribution in [-0.4, -0.2) is 20.3 Å². The molecule has 0 fully saturated rings. The number of anilines is 1. The van der Waals surface area contributed by atoms with Crippen molar-refractivity contribution in [3.05, 3.63) is 18.2 Å². The van der Waals surface area contributed by atoms with Crippen LogP contribution in [0.5, 0.6) is 11.5 Å². The fourth-order valence-corrected chi connectivity index (χ4v) is 1.10. The number of amides is 2. The van der Waals surface area contributed by atoms with Gasteiger partial charge in [-0.05, 0) is 12.1 Å². The van der Waals surface area contributed by atoms with E-state index in [0.29, 0.717) is 17.2 Å². The molecule has 0 saturated heterocycles. The van der Waals surface area contributed by atoms with Gasteiger partial charge in [-0.25, -0.2) is 15.6 Å². The van der Waals surface area contributed by atoms with Crippen LogP contribution in [0.4, 0.5) is 10.5 Å². The monoisotopic (exact) mass is 211 g/mol. The van der Waals surface area contributed by atoms with Gasteiger partial charge in [0.2, 0.25) is 0 Å². The van der Waals surface area contributed by atoms with Gasteiger partial charge in [0.25, 0.3) is 0 Å². The topological polar surface area (TPSA) is 90.8 Å². The summed E-state index contributed by atoms with van der Waals surface area (Å²) < 4.78 is 10.0. The van der Waals surface area contributed by atoms with Crippen molar-refractivity contribution in [3.63, 3.8) is 0 Å². The lowest BCUT2D eigenvalue weighted by atomic mass is 10.2. The summed E-state index contributed by atoms with van der Waals surface area (Å²) in [5.74, 6) is 6.46. The lowest BCUT2D eigenvalue weighted by Crippen LogP contribution is -2.41. The zero-order valence-corrected chi connectivity index (χ0v) is 8.56. The summed E-state index contributed by atoms with van der Waals surface area (Å²) in [6, 6.07) is 4.08. The minimum Gasteiger partial charge on any atom is -0.497 e. The number of hydrogen-bond acceptors (Lipinski definition) is 4. The predicted molar refractivity (Wildman–Crippen MR) is 55.8 cm³/mol. The Hall–Kier alpha value is -1.95. The largest absolute Gasteiger partial charge is 0.497 e. The van der Waals surface area contributed by atoms with Crippen LogP contribution in [0.15, 0.2) is 18.2 Å². The fourth-order valence-electron chi connectivity index (χ4n) is 1.10. The Morgan fingerprint density at radius 3 is 2.47 bits per heavy atom. The van der Waals surface area contributed by atoms with E-state index in [9.17, 15) is 4.79 Å². The van der Waals surface area contributed by atoms with Gasteiger partial charge >= 0.3 is 6.03 Å². The first-order chi connectivity index (χ1) is 7.10. The van der Waals surface area contributed by atoms with Gasteiger partial charge in [-0.1, -0.05) is 0 Å². The summed E-state index contributed by atoms with van der Waals surface area (Å²) in [7, 11) is 3.00. The molecule has 1 rings (SSSR count). The molecule has 0 atom stereocenters. The molecule has 0 saturated carbocycles. The van der Waals surface area contributed by atoms with Crippen molar-refractivity contribution in [1.29, 1.82) is 0 Å². The average Bonchev–Trinajstić information content (AvgIpc) is 2.27. The lowest BCUT2D eigenvalue weighted by molar-refractivity contribution is 0.254. The van der Waals surface area contributed by atoms with Crippen LogP contribution in [0.2, 0.25) is 0 Å². The molecule has 0 bridgehead atoms. The lowest BCUT2D eigenvalue weighted by Gasteiger charge is -2.17. The number of methoxy groups -OCH3 is 2. The van der Waals surface area contributed by atoms with E-state index in [1.54, 1.807) is 18.2 Å². The van der Waals surface area contributed by atoms with Crippen LogP contribution in [0, 0.1) is 0 Å². The number of carbonyl (C=O) groups is 1. The molecule has 0 aliphatic heterocycles. The summed E-state index contributed by atoms with van der Waals surface area (Å²) in [5, 5.41) is 0.804. The van der Waals surface area contributed by atoms with E-state index in [-0.39, 0.29) is 0 Å². The highest BCUT2D eigenvalue weighted by Gasteiger charge is 2.13. The highest BCUT2D eigenvalue weighted by Crippen LogP contribution is 2.30. The van der Waals surface area contributed by atoms with Gasteiger partial charge in [-0.2, -0.15) is 0 Å². The molecule has 15 heavy (non-hydrogen) atoms. The zero-order chi connectivity index (χ0) is 11.4. The number of hydrazine groups is 1. The third-order valence-electron chi connectivity index (χ3n) is 1.88. The summed E-state index contributed by atoms with van der Waals surface area (Å²) in [6.07, 6.45) is 0. The Kier molecular flexibility index (Phi) is 3.35. The van der Waals surface area contributed by atoms with Gasteiger partial charge in [0.1, 0.15) is 17.2 Å². The molecule has 1 aromatic rings. The second kappa shape index (κ2) is 4.52. The van der Waals surface area contributed by atoms with Crippen molar-refractivity contribution in [3.8, 4) is 11.5 Å². The van der Waals surface area contributed by atoms with Gasteiger partial charge in [0.15, 0.2) is 0 Å². The normalized spacial score (nSPS) is 9.53. The predicted octanol–water partition coefficient (Wildman–Crippen LogP) is 0.463. The van der Waals surface area contributed by atoms with Gasteiger partial charge in [0.05, 0.1) is 14.2 Å². The Balaban J connectivity index is 3.12. The van der Waals surface area contributed by atoms with Crippen LogP contribution in [0.3, 0.4) is 0 Å². The number of primary amides is 1. The van der Waals surface area contributed by atoms with Gasteiger partial charge in [-0.15, -0.1) is 0 Å². The van der Waals surface area contributed by atoms with E-state index < -0.39 is 6.03 Å². The second-order valence-corrected chi connectivity index (χ2v) is 2.75. The molecule has 6 nitrogen and oxygen atoms in total. The summed E-state index contributed by atoms with van der Waals surface area (Å²) in [6.45, 7) is 0. The third kappa shape index (κ3) is 2.29. The number of ether oxygens (including phenoxy) is 2. The Morgan fingerprint density at radius 2 is 2.00 bits per heavy atom. The van der Waals surface area contributed by atoms with Gasteiger partial charge in [0, 0.05) is 6.07 Å². The zero-order valence-electron chi connectivity index (χ0n) is 8.56. The van der Waals surface area contributed by atoms with Crippen molar-refractivity contribution in [1.82, 2.24) is 0 Å². The number of urea groups is 1. The molecule has 2 amide bonds. The molecular formula is C9H13N3O3. The van der Waals surface area contributed by atoms with Crippen LogP contribution >= 0.6 is 0 Å². The van der Waals surface area contributed by atoms with E-state index in [4.69, 9.17) is 21.1 Å². The Bertz CT molecular complexity index is 368. The van der Waals surface area contributed by atoms with Gasteiger partial charge < -0.3 is 15.2 Å². The van der Waals surface area contributed by atoms with Crippen molar-refractivity contribution < 1.29 is 14.3 Å². The molecule has 4 N–H and O–H groups in total. The smallest absolute Gasteiger partial charge is 0.333 e. The van der Waals surface area contributed by atoms with Crippen LogP contribution < -0.4 is 26.1 Å². The molecule has 0 unspecified atom stereocenters. The molecule has 82 valence electrons. The first kappa shape index (κ1) is 11.1. The second-order valence-electron chi connectivity index (χ2n) is 2.75. The fraction of sp³-hybridized carbons (Fsp3) is 0.222. The first-order valence-corrected chi connectivity index (χ1v) is 4.16. The Morgan fingerprint density at radius 1 is 1.33 bits per heavy atom. The third-order valence-corrected chi connectivity index (χ3v) is 1.88. The maximum Gasteiger partial charge on any atom is 0.333 e. The molecule has 0 aliphatic rings. The molecule has 0 heterocycles. The van der Waals surface area contributed by atoms with Crippen LogP contribution in [0.25, 0.3) is 0 Å². The molecule has 0 spiro atoms. The van der Waals surface area contributed by atoms with E-state index in [2.05, 4.69) is 0 Å². The average molecular weight is 211 g/mol. The molecule has 0 aromatic heterocycles. The van der Waals surface area contributed by atoms with E-state index in [1.807, 2.05) is 0 Å². The molecule has 1 aromatic carbocycles. The van der Waals surface area contributed by atoms with Crippen molar-refractivity contribution in [2.24, 2.45) is 11.6 Å². The minimum absolute atomic E-state index is 0.380. The highest BCUT2D eigenvalue weighted by atomic mass is 16.5. The van der Waals surface area contributed by atoms with Crippen LogP contribution in [0.1, 0.15) is 0 Å². The number of hydrogen-bond donors (Lipinski definition) is 2. The van der Waals surface area contributed by atoms with Crippen molar-refractivity contribution in [2.45, 2.75) is 0 Å². The summed E-state index contributed by atoms with van der Waals surface area (Å²) >= 11 is 0. The standard InChI is InChI=1S/C9H13N3O3/c1-14-6-3-4-7(8(5-6)15-2)12(11)9(10)13/h3-5H,11H2,1-2H3,(H2,10,13). The quantitative estimate of drug-likeness (QED) is 0.431. The molecule has 0 radical (unpaired) electrons. The van der Waals surface area contributed by atoms with Gasteiger partial charge in [-0.3, -0.25) is 0 Å². The number of rotatable bonds is 3. The first-order valence-electron chi connectivity index (χ1n) is 4.16. The SMILES string of the molecule is COc1ccc(N(N)C(N)=O)c(OC)c1. The minimum atomic E-state index is -0.765.